The van der Waals surface area contributed by atoms with Crippen LogP contribution in [0.5, 0.6) is 0 Å². The quantitative estimate of drug-likeness (QED) is 0.672. The molecule has 2 aliphatic carbocycles. The molecule has 3 fully saturated rings. The number of morpholine rings is 1. The van der Waals surface area contributed by atoms with Gasteiger partial charge in [0.25, 0.3) is 0 Å². The first-order valence-electron chi connectivity index (χ1n) is 9.46. The first-order valence-corrected chi connectivity index (χ1v) is 9.46. The summed E-state index contributed by atoms with van der Waals surface area (Å²) in [5.74, 6) is 1.69. The number of aliphatic imine (C=N–C) groups is 1. The maximum Gasteiger partial charge on any atom is 0.193 e. The molecule has 5 heteroatoms. The number of hydrogen-bond donors (Lipinski definition) is 1. The van der Waals surface area contributed by atoms with E-state index in [0.717, 1.165) is 37.1 Å². The smallest absolute Gasteiger partial charge is 0.193 e. The van der Waals surface area contributed by atoms with Gasteiger partial charge in [-0.25, -0.2) is 4.39 Å². The molecule has 2 unspecified atom stereocenters. The Bertz CT molecular complexity index is 637. The van der Waals surface area contributed by atoms with Crippen molar-refractivity contribution < 1.29 is 9.13 Å². The fourth-order valence-corrected chi connectivity index (χ4v) is 4.16. The minimum Gasteiger partial charge on any atom is -0.367 e. The molecule has 0 spiro atoms. The van der Waals surface area contributed by atoms with Gasteiger partial charge in [-0.15, -0.1) is 0 Å². The number of hydrogen-bond acceptors (Lipinski definition) is 2. The minimum absolute atomic E-state index is 0.0544. The van der Waals surface area contributed by atoms with E-state index in [1.807, 2.05) is 19.2 Å². The zero-order chi connectivity index (χ0) is 17.4. The summed E-state index contributed by atoms with van der Waals surface area (Å²) in [5.41, 5.74) is 1.56. The van der Waals surface area contributed by atoms with Gasteiger partial charge in [0.15, 0.2) is 5.96 Å². The lowest BCUT2D eigenvalue weighted by Gasteiger charge is -2.39. The van der Waals surface area contributed by atoms with E-state index in [2.05, 4.69) is 22.1 Å². The fraction of sp³-hybridized carbons (Fsp3) is 0.650. The molecule has 1 N–H and O–H groups in total. The van der Waals surface area contributed by atoms with Crippen molar-refractivity contribution in [1.82, 2.24) is 10.2 Å². The van der Waals surface area contributed by atoms with Crippen molar-refractivity contribution in [3.05, 3.63) is 35.6 Å². The van der Waals surface area contributed by atoms with E-state index in [4.69, 9.17) is 4.74 Å². The maximum absolute atomic E-state index is 13.2. The minimum atomic E-state index is -0.211. The molecule has 0 bridgehead atoms. The Balaban J connectivity index is 1.41. The van der Waals surface area contributed by atoms with Gasteiger partial charge >= 0.3 is 0 Å². The summed E-state index contributed by atoms with van der Waals surface area (Å²) in [6.07, 6.45) is 5.59. The molecule has 136 valence electrons. The second-order valence-corrected chi connectivity index (χ2v) is 7.93. The average molecular weight is 345 g/mol. The monoisotopic (exact) mass is 345 g/mol. The second kappa shape index (κ2) is 6.60. The van der Waals surface area contributed by atoms with Crippen LogP contribution in [-0.2, 0) is 4.74 Å². The van der Waals surface area contributed by atoms with Gasteiger partial charge in [0.2, 0.25) is 0 Å². The molecule has 1 aliphatic heterocycles. The van der Waals surface area contributed by atoms with Crippen molar-refractivity contribution in [2.24, 2.45) is 16.3 Å². The maximum atomic E-state index is 13.2. The van der Waals surface area contributed by atoms with E-state index in [9.17, 15) is 4.39 Å². The summed E-state index contributed by atoms with van der Waals surface area (Å²) in [6, 6.07) is 6.64. The first kappa shape index (κ1) is 16.8. The molecule has 4 nitrogen and oxygen atoms in total. The number of nitrogens with zero attached hydrogens (tertiary/aromatic N) is 2. The van der Waals surface area contributed by atoms with E-state index >= 15 is 0 Å². The molecule has 25 heavy (non-hydrogen) atoms. The predicted octanol–water partition coefficient (Wildman–Crippen LogP) is 3.35. The summed E-state index contributed by atoms with van der Waals surface area (Å²) in [6.45, 7) is 4.69. The molecule has 2 atom stereocenters. The lowest BCUT2D eigenvalue weighted by Crippen LogP contribution is -2.51. The van der Waals surface area contributed by atoms with Gasteiger partial charge in [-0.3, -0.25) is 4.99 Å². The van der Waals surface area contributed by atoms with E-state index in [0.29, 0.717) is 5.41 Å². The van der Waals surface area contributed by atoms with Crippen molar-refractivity contribution in [3.63, 3.8) is 0 Å². The molecule has 0 amide bonds. The van der Waals surface area contributed by atoms with E-state index in [1.165, 1.54) is 37.8 Å². The standard InChI is InChI=1S/C20H28FN3O/c1-14-11-24(12-18(25-14)15-3-7-17(21)8-4-15)19(22-2)23-13-20(9-10-20)16-5-6-16/h3-4,7-8,14,16,18H,5-6,9-13H2,1-2H3,(H,22,23). The Morgan fingerprint density at radius 3 is 2.60 bits per heavy atom. The lowest BCUT2D eigenvalue weighted by atomic mass is 10.0. The number of nitrogens with one attached hydrogen (secondary N) is 1. The molecule has 1 aromatic rings. The van der Waals surface area contributed by atoms with Crippen LogP contribution in [-0.4, -0.2) is 43.6 Å². The van der Waals surface area contributed by atoms with E-state index < -0.39 is 0 Å². The third kappa shape index (κ3) is 3.66. The third-order valence-corrected chi connectivity index (χ3v) is 5.95. The Morgan fingerprint density at radius 2 is 2.00 bits per heavy atom. The molecule has 1 saturated heterocycles. The summed E-state index contributed by atoms with van der Waals surface area (Å²) >= 11 is 0. The van der Waals surface area contributed by atoms with Crippen LogP contribution in [0.4, 0.5) is 4.39 Å². The Kier molecular flexibility index (Phi) is 4.44. The van der Waals surface area contributed by atoms with Crippen molar-refractivity contribution >= 4 is 5.96 Å². The van der Waals surface area contributed by atoms with Crippen LogP contribution in [0.1, 0.15) is 44.3 Å². The first-order chi connectivity index (χ1) is 12.1. The van der Waals surface area contributed by atoms with Gasteiger partial charge in [0.1, 0.15) is 11.9 Å². The topological polar surface area (TPSA) is 36.9 Å². The van der Waals surface area contributed by atoms with Gasteiger partial charge in [0.05, 0.1) is 12.6 Å². The van der Waals surface area contributed by atoms with E-state index in [-0.39, 0.29) is 18.0 Å². The summed E-state index contributed by atoms with van der Waals surface area (Å²) < 4.78 is 19.3. The van der Waals surface area contributed by atoms with Crippen molar-refractivity contribution in [2.75, 3.05) is 26.7 Å². The number of guanidine groups is 1. The van der Waals surface area contributed by atoms with E-state index in [1.54, 1.807) is 0 Å². The zero-order valence-electron chi connectivity index (χ0n) is 15.2. The summed E-state index contributed by atoms with van der Waals surface area (Å²) in [5, 5.41) is 3.63. The van der Waals surface area contributed by atoms with Crippen LogP contribution in [0.3, 0.4) is 0 Å². The number of benzene rings is 1. The summed E-state index contributed by atoms with van der Waals surface area (Å²) in [4.78, 5) is 6.80. The molecule has 0 radical (unpaired) electrons. The highest BCUT2D eigenvalue weighted by Gasteiger charge is 2.53. The van der Waals surface area contributed by atoms with Crippen LogP contribution in [0.15, 0.2) is 29.3 Å². The Hall–Kier alpha value is -1.62. The predicted molar refractivity (Wildman–Crippen MR) is 97.0 cm³/mol. The van der Waals surface area contributed by atoms with Gasteiger partial charge in [0, 0.05) is 20.1 Å². The molecule has 0 aromatic heterocycles. The van der Waals surface area contributed by atoms with Crippen LogP contribution in [0.2, 0.25) is 0 Å². The molecule has 4 rings (SSSR count). The number of ether oxygens (including phenoxy) is 1. The van der Waals surface area contributed by atoms with Gasteiger partial charge < -0.3 is 15.0 Å². The van der Waals surface area contributed by atoms with Crippen LogP contribution in [0, 0.1) is 17.2 Å². The molecule has 3 aliphatic rings. The number of halogens is 1. The fourth-order valence-electron chi connectivity index (χ4n) is 4.16. The van der Waals surface area contributed by atoms with Gasteiger partial charge in [-0.2, -0.15) is 0 Å². The van der Waals surface area contributed by atoms with Crippen LogP contribution < -0.4 is 5.32 Å². The van der Waals surface area contributed by atoms with Gasteiger partial charge in [-0.05, 0) is 61.6 Å². The Morgan fingerprint density at radius 1 is 1.28 bits per heavy atom. The van der Waals surface area contributed by atoms with Gasteiger partial charge in [-0.1, -0.05) is 12.1 Å². The molecular weight excluding hydrogens is 317 g/mol. The normalized spacial score (nSPS) is 28.8. The largest absolute Gasteiger partial charge is 0.367 e. The third-order valence-electron chi connectivity index (χ3n) is 5.95. The average Bonchev–Trinajstić information content (AvgIpc) is 3.48. The highest BCUT2D eigenvalue weighted by atomic mass is 19.1. The zero-order valence-corrected chi connectivity index (χ0v) is 15.2. The Labute approximate surface area is 149 Å². The molecule has 1 heterocycles. The van der Waals surface area contributed by atoms with Crippen LogP contribution in [0.25, 0.3) is 0 Å². The van der Waals surface area contributed by atoms with Crippen molar-refractivity contribution in [3.8, 4) is 0 Å². The SMILES string of the molecule is CN=C(NCC1(C2CC2)CC1)N1CC(C)OC(c2ccc(F)cc2)C1. The van der Waals surface area contributed by atoms with Crippen molar-refractivity contribution in [1.29, 1.82) is 0 Å². The molecular formula is C20H28FN3O. The molecule has 1 aromatic carbocycles. The second-order valence-electron chi connectivity index (χ2n) is 7.93. The highest BCUT2D eigenvalue weighted by Crippen LogP contribution is 2.60. The van der Waals surface area contributed by atoms with Crippen molar-refractivity contribution in [2.45, 2.75) is 44.8 Å². The number of rotatable bonds is 4. The molecule has 2 saturated carbocycles. The van der Waals surface area contributed by atoms with Crippen LogP contribution >= 0.6 is 0 Å². The highest BCUT2D eigenvalue weighted by molar-refractivity contribution is 5.80. The lowest BCUT2D eigenvalue weighted by molar-refractivity contribution is -0.0605. The summed E-state index contributed by atoms with van der Waals surface area (Å²) in [7, 11) is 1.85.